The van der Waals surface area contributed by atoms with Crippen molar-refractivity contribution in [3.05, 3.63) is 59.2 Å². The predicted molar refractivity (Wildman–Crippen MR) is 83.6 cm³/mol. The zero-order valence-corrected chi connectivity index (χ0v) is 11.6. The number of carboxylic acids is 1. The van der Waals surface area contributed by atoms with Crippen LogP contribution in [0.15, 0.2) is 48.5 Å². The molecular formula is C16H11ClN2O2. The third kappa shape index (κ3) is 2.41. The maximum Gasteiger partial charge on any atom is 0.354 e. The molecule has 0 aliphatic carbocycles. The van der Waals surface area contributed by atoms with Gasteiger partial charge in [0.1, 0.15) is 5.69 Å². The first-order valence-corrected chi connectivity index (χ1v) is 6.62. The van der Waals surface area contributed by atoms with E-state index in [0.29, 0.717) is 16.4 Å². The van der Waals surface area contributed by atoms with E-state index in [1.165, 1.54) is 6.07 Å². The molecule has 5 heteroatoms. The van der Waals surface area contributed by atoms with Crippen LogP contribution in [0.4, 0.5) is 5.69 Å². The second-order valence-corrected chi connectivity index (χ2v) is 5.02. The van der Waals surface area contributed by atoms with Gasteiger partial charge in [-0.25, -0.2) is 9.78 Å². The number of aromatic nitrogens is 1. The van der Waals surface area contributed by atoms with Gasteiger partial charge in [0.25, 0.3) is 0 Å². The van der Waals surface area contributed by atoms with Crippen molar-refractivity contribution in [3.8, 4) is 11.3 Å². The highest BCUT2D eigenvalue weighted by Crippen LogP contribution is 2.31. The minimum absolute atomic E-state index is 0.00617. The second-order valence-electron chi connectivity index (χ2n) is 4.61. The highest BCUT2D eigenvalue weighted by molar-refractivity contribution is 6.34. The fourth-order valence-corrected chi connectivity index (χ4v) is 2.35. The van der Waals surface area contributed by atoms with Crippen LogP contribution in [0.5, 0.6) is 0 Å². The molecule has 0 saturated carbocycles. The van der Waals surface area contributed by atoms with Crippen molar-refractivity contribution in [1.29, 1.82) is 0 Å². The van der Waals surface area contributed by atoms with Gasteiger partial charge >= 0.3 is 5.97 Å². The Morgan fingerprint density at radius 2 is 1.90 bits per heavy atom. The Balaban J connectivity index is 2.19. The fourth-order valence-electron chi connectivity index (χ4n) is 2.19. The minimum atomic E-state index is -1.06. The molecular weight excluding hydrogens is 288 g/mol. The summed E-state index contributed by atoms with van der Waals surface area (Å²) in [5, 5.41) is 11.3. The molecule has 1 aromatic heterocycles. The van der Waals surface area contributed by atoms with Crippen molar-refractivity contribution < 1.29 is 9.90 Å². The molecule has 0 bridgehead atoms. The number of fused-ring (bicyclic) bond motifs is 1. The van der Waals surface area contributed by atoms with E-state index < -0.39 is 5.97 Å². The molecule has 0 radical (unpaired) electrons. The van der Waals surface area contributed by atoms with Crippen LogP contribution in [0.3, 0.4) is 0 Å². The highest BCUT2D eigenvalue weighted by Gasteiger charge is 2.09. The summed E-state index contributed by atoms with van der Waals surface area (Å²) in [4.78, 5) is 15.1. The van der Waals surface area contributed by atoms with Gasteiger partial charge in [0.2, 0.25) is 0 Å². The van der Waals surface area contributed by atoms with Crippen molar-refractivity contribution in [2.24, 2.45) is 0 Å². The number of hydrogen-bond acceptors (Lipinski definition) is 3. The molecule has 104 valence electrons. The van der Waals surface area contributed by atoms with Crippen LogP contribution in [0.25, 0.3) is 22.0 Å². The third-order valence-electron chi connectivity index (χ3n) is 3.27. The van der Waals surface area contributed by atoms with E-state index in [9.17, 15) is 4.79 Å². The Hall–Kier alpha value is -2.59. The molecule has 3 N–H and O–H groups in total. The van der Waals surface area contributed by atoms with Crippen LogP contribution in [0, 0.1) is 0 Å². The van der Waals surface area contributed by atoms with E-state index >= 15 is 0 Å². The summed E-state index contributed by atoms with van der Waals surface area (Å²) < 4.78 is 0. The van der Waals surface area contributed by atoms with Crippen molar-refractivity contribution >= 4 is 34.0 Å². The Morgan fingerprint density at radius 1 is 1.14 bits per heavy atom. The lowest BCUT2D eigenvalue weighted by Gasteiger charge is -2.07. The van der Waals surface area contributed by atoms with Gasteiger partial charge in [-0.2, -0.15) is 0 Å². The second kappa shape index (κ2) is 5.07. The van der Waals surface area contributed by atoms with E-state index in [1.54, 1.807) is 18.2 Å². The maximum absolute atomic E-state index is 11.0. The summed E-state index contributed by atoms with van der Waals surface area (Å²) in [7, 11) is 0. The first-order chi connectivity index (χ1) is 10.1. The van der Waals surface area contributed by atoms with Crippen LogP contribution >= 0.6 is 11.6 Å². The van der Waals surface area contributed by atoms with Crippen molar-refractivity contribution in [2.75, 3.05) is 5.73 Å². The fraction of sp³-hybridized carbons (Fsp3) is 0. The van der Waals surface area contributed by atoms with Gasteiger partial charge in [0, 0.05) is 10.9 Å². The van der Waals surface area contributed by atoms with E-state index in [4.69, 9.17) is 22.4 Å². The topological polar surface area (TPSA) is 76.2 Å². The SMILES string of the molecule is Nc1c(Cl)ccc2ccc(-c3cccc(C(=O)O)n3)cc12. The van der Waals surface area contributed by atoms with Gasteiger partial charge in [-0.3, -0.25) is 0 Å². The molecule has 2 aromatic carbocycles. The summed E-state index contributed by atoms with van der Waals surface area (Å²) in [6, 6.07) is 14.2. The van der Waals surface area contributed by atoms with Crippen LogP contribution in [-0.2, 0) is 0 Å². The number of benzene rings is 2. The largest absolute Gasteiger partial charge is 0.477 e. The summed E-state index contributed by atoms with van der Waals surface area (Å²) >= 11 is 6.03. The lowest BCUT2D eigenvalue weighted by molar-refractivity contribution is 0.0690. The smallest absolute Gasteiger partial charge is 0.354 e. The first-order valence-electron chi connectivity index (χ1n) is 6.25. The number of halogens is 1. The molecule has 21 heavy (non-hydrogen) atoms. The Kier molecular flexibility index (Phi) is 3.23. The molecule has 0 spiro atoms. The number of anilines is 1. The predicted octanol–water partition coefficient (Wildman–Crippen LogP) is 3.84. The quantitative estimate of drug-likeness (QED) is 0.705. The molecule has 0 unspecified atom stereocenters. The normalized spacial score (nSPS) is 10.7. The lowest BCUT2D eigenvalue weighted by atomic mass is 10.0. The summed E-state index contributed by atoms with van der Waals surface area (Å²) in [5.41, 5.74) is 7.88. The number of nitrogens with zero attached hydrogens (tertiary/aromatic N) is 1. The number of hydrogen-bond donors (Lipinski definition) is 2. The number of pyridine rings is 1. The summed E-state index contributed by atoms with van der Waals surface area (Å²) in [6.45, 7) is 0. The molecule has 0 fully saturated rings. The number of carboxylic acid groups (broad SMARTS) is 1. The van der Waals surface area contributed by atoms with Gasteiger partial charge in [0.15, 0.2) is 0 Å². The van der Waals surface area contributed by atoms with Gasteiger partial charge in [-0.15, -0.1) is 0 Å². The van der Waals surface area contributed by atoms with Crippen molar-refractivity contribution in [2.45, 2.75) is 0 Å². The average molecular weight is 299 g/mol. The molecule has 4 nitrogen and oxygen atoms in total. The van der Waals surface area contributed by atoms with E-state index in [2.05, 4.69) is 4.98 Å². The summed E-state index contributed by atoms with van der Waals surface area (Å²) in [5.74, 6) is -1.06. The van der Waals surface area contributed by atoms with Gasteiger partial charge in [-0.05, 0) is 29.7 Å². The number of carbonyl (C=O) groups is 1. The zero-order chi connectivity index (χ0) is 15.0. The molecule has 0 aliphatic heterocycles. The Labute approximate surface area is 125 Å². The zero-order valence-electron chi connectivity index (χ0n) is 10.9. The number of nitrogens with two attached hydrogens (primary N) is 1. The third-order valence-corrected chi connectivity index (χ3v) is 3.60. The van der Waals surface area contributed by atoms with Gasteiger partial charge < -0.3 is 10.8 Å². The minimum Gasteiger partial charge on any atom is -0.477 e. The first kappa shape index (κ1) is 13.4. The number of nitrogen functional groups attached to an aromatic ring is 1. The maximum atomic E-state index is 11.0. The van der Waals surface area contributed by atoms with Gasteiger partial charge in [0.05, 0.1) is 16.4 Å². The highest BCUT2D eigenvalue weighted by atomic mass is 35.5. The van der Waals surface area contributed by atoms with Crippen molar-refractivity contribution in [1.82, 2.24) is 4.98 Å². The standard InChI is InChI=1S/C16H11ClN2O2/c17-12-7-6-9-4-5-10(8-11(9)15(12)18)13-2-1-3-14(19-13)16(20)21/h1-8H,18H2,(H,20,21). The number of aromatic carboxylic acids is 1. The van der Waals surface area contributed by atoms with Gasteiger partial charge in [-0.1, -0.05) is 35.9 Å². The molecule has 0 amide bonds. The number of rotatable bonds is 2. The monoisotopic (exact) mass is 298 g/mol. The molecule has 0 atom stereocenters. The van der Waals surface area contributed by atoms with Crippen molar-refractivity contribution in [3.63, 3.8) is 0 Å². The molecule has 1 heterocycles. The lowest BCUT2D eigenvalue weighted by Crippen LogP contribution is -2.00. The molecule has 3 aromatic rings. The average Bonchev–Trinajstić information content (AvgIpc) is 2.51. The Bertz CT molecular complexity index is 862. The van der Waals surface area contributed by atoms with Crippen LogP contribution in [0.1, 0.15) is 10.5 Å². The Morgan fingerprint density at radius 3 is 2.67 bits per heavy atom. The summed E-state index contributed by atoms with van der Waals surface area (Å²) in [6.07, 6.45) is 0. The van der Waals surface area contributed by atoms with Crippen LogP contribution < -0.4 is 5.73 Å². The van der Waals surface area contributed by atoms with E-state index in [0.717, 1.165) is 16.3 Å². The van der Waals surface area contributed by atoms with Crippen LogP contribution in [0.2, 0.25) is 5.02 Å². The van der Waals surface area contributed by atoms with Crippen LogP contribution in [-0.4, -0.2) is 16.1 Å². The van der Waals surface area contributed by atoms with E-state index in [-0.39, 0.29) is 5.69 Å². The molecule has 0 saturated heterocycles. The van der Waals surface area contributed by atoms with E-state index in [1.807, 2.05) is 24.3 Å². The molecule has 3 rings (SSSR count). The molecule has 0 aliphatic rings.